The Morgan fingerprint density at radius 3 is 2.32 bits per heavy atom. The predicted molar refractivity (Wildman–Crippen MR) is 85.5 cm³/mol. The van der Waals surface area contributed by atoms with Crippen molar-refractivity contribution in [2.75, 3.05) is 26.2 Å². The molecule has 0 aromatic heterocycles. The quantitative estimate of drug-likeness (QED) is 0.836. The Balaban J connectivity index is 0.00000220. The standard InChI is InChI=1S/C13H16ClF3N2O.2ClH/c14-10-7-9(1-2-12(10)20)11(8-13(15,16)17)19-5-3-18-4-6-19;;/h1-2,7,11,18,20H,3-6,8H2;2*1H/t11-;;/m0../s1. The molecule has 22 heavy (non-hydrogen) atoms. The number of phenols is 1. The minimum atomic E-state index is -4.25. The molecule has 2 rings (SSSR count). The van der Waals surface area contributed by atoms with Crippen LogP contribution in [-0.4, -0.2) is 42.4 Å². The zero-order valence-electron chi connectivity index (χ0n) is 11.6. The third-order valence-electron chi connectivity index (χ3n) is 3.37. The van der Waals surface area contributed by atoms with Gasteiger partial charge in [0, 0.05) is 32.2 Å². The van der Waals surface area contributed by atoms with Crippen LogP contribution >= 0.6 is 36.4 Å². The van der Waals surface area contributed by atoms with Crippen molar-refractivity contribution in [2.24, 2.45) is 0 Å². The van der Waals surface area contributed by atoms with Crippen molar-refractivity contribution in [3.63, 3.8) is 0 Å². The zero-order valence-corrected chi connectivity index (χ0v) is 14.0. The van der Waals surface area contributed by atoms with Gasteiger partial charge in [0.15, 0.2) is 0 Å². The van der Waals surface area contributed by atoms with Crippen molar-refractivity contribution in [2.45, 2.75) is 18.6 Å². The number of halogens is 6. The molecular weight excluding hydrogens is 364 g/mol. The van der Waals surface area contributed by atoms with Gasteiger partial charge in [0.1, 0.15) is 5.75 Å². The third-order valence-corrected chi connectivity index (χ3v) is 3.68. The van der Waals surface area contributed by atoms with Crippen molar-refractivity contribution in [3.8, 4) is 5.75 Å². The molecule has 0 aliphatic carbocycles. The second-order valence-corrected chi connectivity index (χ2v) is 5.24. The number of alkyl halides is 3. The molecular formula is C13H18Cl3F3N2O. The normalized spacial score (nSPS) is 17.3. The third kappa shape index (κ3) is 6.01. The van der Waals surface area contributed by atoms with Crippen molar-refractivity contribution < 1.29 is 18.3 Å². The molecule has 0 spiro atoms. The molecule has 1 aromatic carbocycles. The van der Waals surface area contributed by atoms with Gasteiger partial charge in [0.05, 0.1) is 11.4 Å². The maximum atomic E-state index is 12.8. The molecule has 1 atom stereocenters. The molecule has 0 unspecified atom stereocenters. The molecule has 3 nitrogen and oxygen atoms in total. The van der Waals surface area contributed by atoms with E-state index in [1.54, 1.807) is 4.90 Å². The number of piperazine rings is 1. The Hall–Kier alpha value is -0.400. The molecule has 9 heteroatoms. The van der Waals surface area contributed by atoms with E-state index >= 15 is 0 Å². The summed E-state index contributed by atoms with van der Waals surface area (Å²) >= 11 is 5.81. The molecule has 0 saturated carbocycles. The summed E-state index contributed by atoms with van der Waals surface area (Å²) in [5.41, 5.74) is 0.479. The van der Waals surface area contributed by atoms with E-state index in [0.29, 0.717) is 31.7 Å². The van der Waals surface area contributed by atoms with Crippen LogP contribution in [0, 0.1) is 0 Å². The van der Waals surface area contributed by atoms with E-state index in [1.165, 1.54) is 18.2 Å². The van der Waals surface area contributed by atoms with Gasteiger partial charge in [-0.3, -0.25) is 4.90 Å². The van der Waals surface area contributed by atoms with Crippen molar-refractivity contribution >= 4 is 36.4 Å². The lowest BCUT2D eigenvalue weighted by molar-refractivity contribution is -0.148. The SMILES string of the molecule is Cl.Cl.Oc1ccc([C@H](CC(F)(F)F)N2CCNCC2)cc1Cl. The van der Waals surface area contributed by atoms with Crippen LogP contribution in [0.4, 0.5) is 13.2 Å². The smallest absolute Gasteiger partial charge is 0.390 e. The van der Waals surface area contributed by atoms with Crippen LogP contribution in [0.1, 0.15) is 18.0 Å². The number of aromatic hydroxyl groups is 1. The van der Waals surface area contributed by atoms with E-state index in [9.17, 15) is 18.3 Å². The van der Waals surface area contributed by atoms with E-state index in [1.807, 2.05) is 0 Å². The monoisotopic (exact) mass is 380 g/mol. The fourth-order valence-electron chi connectivity index (χ4n) is 2.40. The van der Waals surface area contributed by atoms with Crippen LogP contribution in [0.5, 0.6) is 5.75 Å². The van der Waals surface area contributed by atoms with E-state index in [2.05, 4.69) is 5.32 Å². The first-order valence-corrected chi connectivity index (χ1v) is 6.74. The molecule has 128 valence electrons. The summed E-state index contributed by atoms with van der Waals surface area (Å²) in [5.74, 6) is -0.124. The number of nitrogens with one attached hydrogen (secondary N) is 1. The second-order valence-electron chi connectivity index (χ2n) is 4.83. The number of nitrogens with zero attached hydrogens (tertiary/aromatic N) is 1. The van der Waals surface area contributed by atoms with Crippen molar-refractivity contribution in [1.29, 1.82) is 0 Å². The van der Waals surface area contributed by atoms with E-state index in [0.717, 1.165) is 0 Å². The van der Waals surface area contributed by atoms with Crippen LogP contribution in [-0.2, 0) is 0 Å². The predicted octanol–water partition coefficient (Wildman–Crippen LogP) is 3.79. The number of hydrogen-bond donors (Lipinski definition) is 2. The highest BCUT2D eigenvalue weighted by molar-refractivity contribution is 6.32. The molecule has 1 aromatic rings. The van der Waals surface area contributed by atoms with Crippen LogP contribution < -0.4 is 5.32 Å². The molecule has 1 aliphatic heterocycles. The van der Waals surface area contributed by atoms with Gasteiger partial charge in [0.25, 0.3) is 0 Å². The highest BCUT2D eigenvalue weighted by Crippen LogP contribution is 2.36. The first-order chi connectivity index (χ1) is 9.37. The second kappa shape index (κ2) is 9.03. The minimum Gasteiger partial charge on any atom is -0.506 e. The van der Waals surface area contributed by atoms with Gasteiger partial charge in [0.2, 0.25) is 0 Å². The Labute approximate surface area is 144 Å². The van der Waals surface area contributed by atoms with Crippen LogP contribution in [0.25, 0.3) is 0 Å². The number of rotatable bonds is 3. The van der Waals surface area contributed by atoms with Gasteiger partial charge in [-0.05, 0) is 17.7 Å². The Bertz CT molecular complexity index is 468. The topological polar surface area (TPSA) is 35.5 Å². The van der Waals surface area contributed by atoms with Gasteiger partial charge in [-0.15, -0.1) is 24.8 Å². The summed E-state index contributed by atoms with van der Waals surface area (Å²) in [5, 5.41) is 12.6. The lowest BCUT2D eigenvalue weighted by Gasteiger charge is -2.35. The Morgan fingerprint density at radius 1 is 1.23 bits per heavy atom. The van der Waals surface area contributed by atoms with E-state index in [-0.39, 0.29) is 35.6 Å². The Morgan fingerprint density at radius 2 is 1.82 bits per heavy atom. The highest BCUT2D eigenvalue weighted by atomic mass is 35.5. The summed E-state index contributed by atoms with van der Waals surface area (Å²) in [6.45, 7) is 2.44. The van der Waals surface area contributed by atoms with Crippen LogP contribution in [0.2, 0.25) is 5.02 Å². The first kappa shape index (κ1) is 21.6. The Kier molecular flexibility index (Phi) is 8.87. The minimum absolute atomic E-state index is 0. The molecule has 0 amide bonds. The van der Waals surface area contributed by atoms with Gasteiger partial charge in [-0.1, -0.05) is 17.7 Å². The van der Waals surface area contributed by atoms with Crippen LogP contribution in [0.3, 0.4) is 0 Å². The zero-order chi connectivity index (χ0) is 14.8. The number of phenolic OH excluding ortho intramolecular Hbond substituents is 1. The number of hydrogen-bond acceptors (Lipinski definition) is 3. The number of benzene rings is 1. The van der Waals surface area contributed by atoms with Gasteiger partial charge < -0.3 is 10.4 Å². The van der Waals surface area contributed by atoms with E-state index in [4.69, 9.17) is 11.6 Å². The maximum absolute atomic E-state index is 12.8. The molecule has 1 aliphatic rings. The lowest BCUT2D eigenvalue weighted by atomic mass is 10.0. The summed E-state index contributed by atoms with van der Waals surface area (Å²) in [6.07, 6.45) is -5.17. The first-order valence-electron chi connectivity index (χ1n) is 6.37. The average molecular weight is 382 g/mol. The molecule has 1 fully saturated rings. The van der Waals surface area contributed by atoms with Gasteiger partial charge in [-0.2, -0.15) is 13.2 Å². The summed E-state index contributed by atoms with van der Waals surface area (Å²) < 4.78 is 38.4. The molecule has 1 saturated heterocycles. The lowest BCUT2D eigenvalue weighted by Crippen LogP contribution is -2.46. The summed E-state index contributed by atoms with van der Waals surface area (Å²) in [7, 11) is 0. The van der Waals surface area contributed by atoms with Gasteiger partial charge in [-0.25, -0.2) is 0 Å². The van der Waals surface area contributed by atoms with Gasteiger partial charge >= 0.3 is 6.18 Å². The summed E-state index contributed by atoms with van der Waals surface area (Å²) in [6, 6.07) is 3.48. The molecule has 2 N–H and O–H groups in total. The largest absolute Gasteiger partial charge is 0.506 e. The highest BCUT2D eigenvalue weighted by Gasteiger charge is 2.36. The van der Waals surface area contributed by atoms with Crippen molar-refractivity contribution in [1.82, 2.24) is 10.2 Å². The van der Waals surface area contributed by atoms with E-state index < -0.39 is 18.6 Å². The van der Waals surface area contributed by atoms with Crippen LogP contribution in [0.15, 0.2) is 18.2 Å². The van der Waals surface area contributed by atoms with Crippen molar-refractivity contribution in [3.05, 3.63) is 28.8 Å². The average Bonchev–Trinajstić information content (AvgIpc) is 2.39. The maximum Gasteiger partial charge on any atom is 0.390 e. The fourth-order valence-corrected chi connectivity index (χ4v) is 2.59. The molecule has 0 bridgehead atoms. The summed E-state index contributed by atoms with van der Waals surface area (Å²) in [4.78, 5) is 1.80. The molecule has 0 radical (unpaired) electrons. The fraction of sp³-hybridized carbons (Fsp3) is 0.538. The molecule has 1 heterocycles.